The molecule has 1 unspecified atom stereocenters. The van der Waals surface area contributed by atoms with E-state index in [9.17, 15) is 0 Å². The Morgan fingerprint density at radius 2 is 0.833 bits per heavy atom. The highest BCUT2D eigenvalue weighted by Gasteiger charge is 2.12. The molecule has 0 rings (SSSR count). The summed E-state index contributed by atoms with van der Waals surface area (Å²) in [6.07, 6.45) is 35.1. The fraction of sp³-hybridized carbons (Fsp3) is 0.867. The largest absolute Gasteiger partial charge is 0.0885 e. The van der Waals surface area contributed by atoms with Crippen LogP contribution in [-0.2, 0) is 0 Å². The van der Waals surface area contributed by atoms with Crippen molar-refractivity contribution in [3.8, 4) is 0 Å². The third-order valence-corrected chi connectivity index (χ3v) is 6.75. The summed E-state index contributed by atoms with van der Waals surface area (Å²) in [6, 6.07) is 0. The van der Waals surface area contributed by atoms with Gasteiger partial charge >= 0.3 is 0 Å². The molecule has 0 bridgehead atoms. The first kappa shape index (κ1) is 29.7. The maximum absolute atomic E-state index is 3.93. The second-order valence-electron chi connectivity index (χ2n) is 9.99. The van der Waals surface area contributed by atoms with Crippen molar-refractivity contribution in [1.82, 2.24) is 0 Å². The second-order valence-corrected chi connectivity index (χ2v) is 9.99. The molecule has 0 nitrogen and oxygen atoms in total. The summed E-state index contributed by atoms with van der Waals surface area (Å²) in [6.45, 7) is 12.7. The van der Waals surface area contributed by atoms with Crippen molar-refractivity contribution < 1.29 is 0 Å². The molecule has 178 valence electrons. The lowest BCUT2D eigenvalue weighted by Gasteiger charge is -2.20. The summed E-state index contributed by atoms with van der Waals surface area (Å²) in [5, 5.41) is 0. The first-order chi connectivity index (χ1) is 14.7. The first-order valence-electron chi connectivity index (χ1n) is 14.0. The molecule has 0 N–H and O–H groups in total. The summed E-state index contributed by atoms with van der Waals surface area (Å²) in [4.78, 5) is 0. The Morgan fingerprint density at radius 1 is 0.467 bits per heavy atom. The third kappa shape index (κ3) is 22.4. The van der Waals surface area contributed by atoms with Crippen LogP contribution in [0.1, 0.15) is 155 Å². The van der Waals surface area contributed by atoms with Gasteiger partial charge in [0, 0.05) is 0 Å². The normalized spacial score (nSPS) is 13.0. The number of allylic oxidation sites excluding steroid dienone is 2. The van der Waals surface area contributed by atoms with E-state index in [0.29, 0.717) is 0 Å². The molecule has 0 aromatic carbocycles. The van der Waals surface area contributed by atoms with Crippen molar-refractivity contribution in [2.24, 2.45) is 11.8 Å². The molecule has 0 aromatic rings. The molecule has 0 aliphatic rings. The minimum absolute atomic E-state index is 0.870. The zero-order valence-electron chi connectivity index (χ0n) is 21.3. The molecular formula is C30H58. The van der Waals surface area contributed by atoms with E-state index in [-0.39, 0.29) is 0 Å². The Balaban J connectivity index is 3.44. The molecule has 0 aromatic heterocycles. The van der Waals surface area contributed by atoms with Gasteiger partial charge in [0.05, 0.1) is 0 Å². The van der Waals surface area contributed by atoms with Crippen LogP contribution in [0.15, 0.2) is 12.2 Å². The van der Waals surface area contributed by atoms with Gasteiger partial charge in [-0.25, -0.2) is 0 Å². The van der Waals surface area contributed by atoms with Gasteiger partial charge in [-0.1, -0.05) is 155 Å². The van der Waals surface area contributed by atoms with Crippen LogP contribution in [0.4, 0.5) is 0 Å². The van der Waals surface area contributed by atoms with E-state index >= 15 is 0 Å². The van der Waals surface area contributed by atoms with Gasteiger partial charge in [0.1, 0.15) is 0 Å². The van der Waals surface area contributed by atoms with E-state index in [4.69, 9.17) is 0 Å². The van der Waals surface area contributed by atoms with Crippen LogP contribution in [0.5, 0.6) is 0 Å². The second kappa shape index (κ2) is 25.0. The number of hydrogen-bond donors (Lipinski definition) is 0. The summed E-state index contributed by atoms with van der Waals surface area (Å²) in [7, 11) is 0. The van der Waals surface area contributed by atoms with Gasteiger partial charge in [-0.15, -0.1) is 0 Å². The Labute approximate surface area is 193 Å². The minimum Gasteiger partial charge on any atom is -0.0885 e. The Bertz CT molecular complexity index is 327. The molecule has 0 fully saturated rings. The molecule has 0 aliphatic carbocycles. The third-order valence-electron chi connectivity index (χ3n) is 6.75. The van der Waals surface area contributed by atoms with Gasteiger partial charge in [-0.05, 0) is 37.5 Å². The average Bonchev–Trinajstić information content (AvgIpc) is 2.74. The molecular weight excluding hydrogens is 360 g/mol. The lowest BCUT2D eigenvalue weighted by Crippen LogP contribution is -2.08. The molecule has 0 saturated heterocycles. The van der Waals surface area contributed by atoms with Crippen molar-refractivity contribution in [3.05, 3.63) is 26.0 Å². The Hall–Kier alpha value is -0.260. The van der Waals surface area contributed by atoms with E-state index in [1.807, 2.05) is 0 Å². The molecule has 0 amide bonds. The van der Waals surface area contributed by atoms with Crippen molar-refractivity contribution >= 4 is 0 Å². The standard InChI is InChI=1S/C30H58/c1-5-7-9-11-13-15-16-17-18-19-20-22-24-26-28-30(29(3)4)27-25-23-21-14-12-10-8-6-2/h11,13,29-30H,1-2,5-10,12,14-28H2,3-4H3/b13-11+. The van der Waals surface area contributed by atoms with Crippen LogP contribution in [0, 0.1) is 25.7 Å². The molecule has 1 atom stereocenters. The van der Waals surface area contributed by atoms with Crippen molar-refractivity contribution in [2.75, 3.05) is 0 Å². The first-order valence-corrected chi connectivity index (χ1v) is 14.0. The zero-order valence-corrected chi connectivity index (χ0v) is 21.3. The summed E-state index contributed by atoms with van der Waals surface area (Å²) in [5.74, 6) is 1.84. The molecule has 2 radical (unpaired) electrons. The predicted octanol–water partition coefficient (Wildman–Crippen LogP) is 11.1. The van der Waals surface area contributed by atoms with Gasteiger partial charge in [-0.2, -0.15) is 0 Å². The number of unbranched alkanes of at least 4 members (excludes halogenated alkanes) is 17. The van der Waals surface area contributed by atoms with E-state index < -0.39 is 0 Å². The monoisotopic (exact) mass is 418 g/mol. The van der Waals surface area contributed by atoms with E-state index in [1.165, 1.54) is 128 Å². The molecule has 30 heavy (non-hydrogen) atoms. The zero-order chi connectivity index (χ0) is 22.1. The lowest BCUT2D eigenvalue weighted by molar-refractivity contribution is 0.312. The van der Waals surface area contributed by atoms with Crippen molar-refractivity contribution in [2.45, 2.75) is 155 Å². The maximum Gasteiger partial charge on any atom is -0.0351 e. The highest BCUT2D eigenvalue weighted by molar-refractivity contribution is 4.81. The van der Waals surface area contributed by atoms with Gasteiger partial charge in [0.15, 0.2) is 0 Å². The number of hydrogen-bond acceptors (Lipinski definition) is 0. The topological polar surface area (TPSA) is 0 Å². The minimum atomic E-state index is 0.870. The van der Waals surface area contributed by atoms with Crippen LogP contribution in [0.3, 0.4) is 0 Å². The maximum atomic E-state index is 3.93. The molecule has 0 spiro atoms. The quantitative estimate of drug-likeness (QED) is 0.108. The van der Waals surface area contributed by atoms with Crippen molar-refractivity contribution in [3.63, 3.8) is 0 Å². The SMILES string of the molecule is [CH2]CCC/C=C/CCCCCCCCCCC(CCCCCCCCC[CH2])C(C)C. The van der Waals surface area contributed by atoms with Gasteiger partial charge < -0.3 is 0 Å². The molecule has 0 aliphatic heterocycles. The smallest absolute Gasteiger partial charge is 0.0351 e. The van der Waals surface area contributed by atoms with Gasteiger partial charge in [0.25, 0.3) is 0 Å². The van der Waals surface area contributed by atoms with Gasteiger partial charge in [-0.3, -0.25) is 0 Å². The lowest BCUT2D eigenvalue weighted by atomic mass is 9.85. The molecule has 0 saturated carbocycles. The van der Waals surface area contributed by atoms with E-state index in [0.717, 1.165) is 24.7 Å². The van der Waals surface area contributed by atoms with Crippen LogP contribution in [0.2, 0.25) is 0 Å². The summed E-state index contributed by atoms with van der Waals surface area (Å²) < 4.78 is 0. The highest BCUT2D eigenvalue weighted by Crippen LogP contribution is 2.25. The summed E-state index contributed by atoms with van der Waals surface area (Å²) >= 11 is 0. The molecule has 0 heteroatoms. The Morgan fingerprint density at radius 3 is 1.27 bits per heavy atom. The average molecular weight is 419 g/mol. The van der Waals surface area contributed by atoms with Crippen LogP contribution < -0.4 is 0 Å². The number of rotatable bonds is 24. The predicted molar refractivity (Wildman–Crippen MR) is 140 cm³/mol. The van der Waals surface area contributed by atoms with Crippen LogP contribution in [-0.4, -0.2) is 0 Å². The van der Waals surface area contributed by atoms with Gasteiger partial charge in [0.2, 0.25) is 0 Å². The van der Waals surface area contributed by atoms with E-state index in [2.05, 4.69) is 39.8 Å². The van der Waals surface area contributed by atoms with Crippen molar-refractivity contribution in [1.29, 1.82) is 0 Å². The Kier molecular flexibility index (Phi) is 24.8. The molecule has 0 heterocycles. The van der Waals surface area contributed by atoms with Crippen LogP contribution in [0.25, 0.3) is 0 Å². The highest BCUT2D eigenvalue weighted by atomic mass is 14.2. The fourth-order valence-corrected chi connectivity index (χ4v) is 4.51. The summed E-state index contributed by atoms with van der Waals surface area (Å²) in [5.41, 5.74) is 0. The van der Waals surface area contributed by atoms with E-state index in [1.54, 1.807) is 0 Å². The fourth-order valence-electron chi connectivity index (χ4n) is 4.51. The van der Waals surface area contributed by atoms with Crippen LogP contribution >= 0.6 is 0 Å².